The van der Waals surface area contributed by atoms with Crippen molar-refractivity contribution in [3.05, 3.63) is 34.9 Å². The highest BCUT2D eigenvalue weighted by Crippen LogP contribution is 2.19. The van der Waals surface area contributed by atoms with Crippen molar-refractivity contribution in [1.29, 1.82) is 0 Å². The Morgan fingerprint density at radius 1 is 0.762 bits per heavy atom. The number of benzene rings is 1. The van der Waals surface area contributed by atoms with Gasteiger partial charge in [-0.2, -0.15) is 0 Å². The second kappa shape index (κ2) is 9.45. The largest absolute Gasteiger partial charge is 0.750 e. The summed E-state index contributed by atoms with van der Waals surface area (Å²) in [5, 5.41) is 0. The zero-order chi connectivity index (χ0) is 15.8. The highest BCUT2D eigenvalue weighted by atomic mass is 32.2. The molecule has 0 aliphatic rings. The van der Waals surface area contributed by atoms with Crippen LogP contribution in [0.4, 0.5) is 0 Å². The molecule has 0 spiro atoms. The molecule has 1 rings (SSSR count). The minimum atomic E-state index is -2.78. The average Bonchev–Trinajstić information content (AvgIpc) is 2.40. The summed E-state index contributed by atoms with van der Waals surface area (Å²) in [5.41, 5.74) is 0.905. The van der Waals surface area contributed by atoms with Gasteiger partial charge in [-0.1, -0.05) is 18.2 Å². The van der Waals surface area contributed by atoms with Gasteiger partial charge >= 0.3 is 0 Å². The number of rotatable bonds is 9. The summed E-state index contributed by atoms with van der Waals surface area (Å²) in [6.07, 6.45) is 0. The maximum Gasteiger partial charge on any atom is 0.0886 e. The smallest absolute Gasteiger partial charge is 0.0886 e. The maximum atomic E-state index is 10.4. The van der Waals surface area contributed by atoms with E-state index in [1.165, 1.54) is 18.2 Å². The van der Waals surface area contributed by atoms with Gasteiger partial charge in [-0.15, -0.1) is 0 Å². The van der Waals surface area contributed by atoms with Gasteiger partial charge in [0.2, 0.25) is 0 Å². The number of hydrogen-bond acceptors (Lipinski definition) is 9. The molecule has 1 aromatic carbocycles. The molecule has 3 atom stereocenters. The Morgan fingerprint density at radius 3 is 1.52 bits per heavy atom. The normalized spacial score (nSPS) is 15.6. The molecule has 0 saturated heterocycles. The molecule has 12 heteroatoms. The Labute approximate surface area is 128 Å². The van der Waals surface area contributed by atoms with E-state index in [2.05, 4.69) is 12.5 Å². The van der Waals surface area contributed by atoms with Crippen molar-refractivity contribution in [2.45, 2.75) is 19.8 Å². The monoisotopic (exact) mass is 357 g/mol. The summed E-state index contributed by atoms with van der Waals surface area (Å²) in [6.45, 7) is -1.12. The highest BCUT2D eigenvalue weighted by Gasteiger charge is 2.10. The van der Waals surface area contributed by atoms with Crippen molar-refractivity contribution in [2.75, 3.05) is 0 Å². The van der Waals surface area contributed by atoms with Crippen LogP contribution in [0.5, 0.6) is 0 Å². The Balaban J connectivity index is 2.97. The van der Waals surface area contributed by atoms with Gasteiger partial charge < -0.3 is 13.7 Å². The third kappa shape index (κ3) is 7.30. The summed E-state index contributed by atoms with van der Waals surface area (Å²) in [6, 6.07) is 4.48. The van der Waals surface area contributed by atoms with E-state index in [1.807, 2.05) is 0 Å². The molecule has 0 saturated carbocycles. The van der Waals surface area contributed by atoms with Crippen LogP contribution in [-0.2, 0) is 66.5 Å². The summed E-state index contributed by atoms with van der Waals surface area (Å²) in [5.74, 6) is 0. The zero-order valence-corrected chi connectivity index (χ0v) is 12.7. The Morgan fingerprint density at radius 2 is 1.14 bits per heavy atom. The molecule has 0 fully saturated rings. The summed E-state index contributed by atoms with van der Waals surface area (Å²) < 4.78 is 75.7. The van der Waals surface area contributed by atoms with Gasteiger partial charge in [-0.25, -0.2) is 12.6 Å². The van der Waals surface area contributed by atoms with E-state index >= 15 is 0 Å². The van der Waals surface area contributed by atoms with Crippen molar-refractivity contribution in [3.63, 3.8) is 0 Å². The fraction of sp³-hybridized carbons (Fsp3) is 0.333. The molecule has 0 aromatic heterocycles. The van der Waals surface area contributed by atoms with Crippen LogP contribution >= 0.6 is 0 Å². The first-order valence-corrected chi connectivity index (χ1v) is 8.17. The van der Waals surface area contributed by atoms with Crippen LogP contribution in [0.2, 0.25) is 0 Å². The lowest BCUT2D eigenvalue weighted by Crippen LogP contribution is -2.08. The first-order valence-electron chi connectivity index (χ1n) is 5.17. The summed E-state index contributed by atoms with van der Waals surface area (Å²) in [4.78, 5) is 0. The van der Waals surface area contributed by atoms with Gasteiger partial charge in [0.1, 0.15) is 0 Å². The van der Waals surface area contributed by atoms with E-state index in [4.69, 9.17) is 0 Å². The maximum absolute atomic E-state index is 10.4. The Hall–Kier alpha value is -0.570. The molecule has 1 aromatic rings. The molecule has 0 aliphatic carbocycles. The van der Waals surface area contributed by atoms with E-state index in [9.17, 15) is 26.3 Å². The Bertz CT molecular complexity index is 511. The van der Waals surface area contributed by atoms with E-state index < -0.39 is 40.7 Å². The van der Waals surface area contributed by atoms with E-state index in [1.54, 1.807) is 0 Å². The molecular weight excluding hydrogens is 348 g/mol. The van der Waals surface area contributed by atoms with Crippen LogP contribution in [0, 0.1) is 0 Å². The van der Waals surface area contributed by atoms with Crippen molar-refractivity contribution in [3.8, 4) is 0 Å². The fourth-order valence-corrected chi connectivity index (χ4v) is 2.13. The van der Waals surface area contributed by atoms with Crippen LogP contribution in [0.25, 0.3) is 0 Å². The Kier molecular flexibility index (Phi) is 8.31. The molecule has 0 radical (unpaired) electrons. The summed E-state index contributed by atoms with van der Waals surface area (Å²) >= 11 is -8.28. The van der Waals surface area contributed by atoms with Gasteiger partial charge in [0.15, 0.2) is 0 Å². The molecule has 0 heterocycles. The van der Waals surface area contributed by atoms with Crippen LogP contribution in [0.15, 0.2) is 18.2 Å². The lowest BCUT2D eigenvalue weighted by Gasteiger charge is -2.16. The lowest BCUT2D eigenvalue weighted by atomic mass is 10.0. The molecule has 3 unspecified atom stereocenters. The molecule has 0 bridgehead atoms. The fourth-order valence-electron chi connectivity index (χ4n) is 1.47. The van der Waals surface area contributed by atoms with Gasteiger partial charge in [0.25, 0.3) is 0 Å². The van der Waals surface area contributed by atoms with Crippen LogP contribution in [0.1, 0.15) is 16.7 Å². The predicted molar refractivity (Wildman–Crippen MR) is 67.6 cm³/mol. The second-order valence-electron chi connectivity index (χ2n) is 3.45. The molecule has 0 aliphatic heterocycles. The minimum absolute atomic E-state index is 0.262. The van der Waals surface area contributed by atoms with Gasteiger partial charge in [0, 0.05) is 0 Å². The standard InChI is InChI=1S/C9H12O9S3/c10-19(11)16-4-7-2-1-3-8(5-17-20(12)13)9(7)6-18-21(14)15/h1-3H,4-6H2,(H,10,11)(H,12,13)(H,14,15)/p-3. The van der Waals surface area contributed by atoms with Crippen LogP contribution < -0.4 is 0 Å². The minimum Gasteiger partial charge on any atom is -0.750 e. The van der Waals surface area contributed by atoms with Crippen LogP contribution in [-0.4, -0.2) is 26.3 Å². The quantitative estimate of drug-likeness (QED) is 0.539. The third-order valence-electron chi connectivity index (χ3n) is 2.29. The average molecular weight is 357 g/mol. The van der Waals surface area contributed by atoms with E-state index in [-0.39, 0.29) is 18.8 Å². The first-order chi connectivity index (χ1) is 9.90. The highest BCUT2D eigenvalue weighted by molar-refractivity contribution is 7.74. The van der Waals surface area contributed by atoms with Gasteiger partial charge in [0.05, 0.1) is 53.9 Å². The third-order valence-corrected chi connectivity index (χ3v) is 3.22. The molecule has 0 amide bonds. The first kappa shape index (κ1) is 18.5. The van der Waals surface area contributed by atoms with E-state index in [0.29, 0.717) is 11.1 Å². The topological polar surface area (TPSA) is 148 Å². The predicted octanol–water partition coefficient (Wildman–Crippen LogP) is -0.381. The zero-order valence-electron chi connectivity index (χ0n) is 10.3. The van der Waals surface area contributed by atoms with Gasteiger partial charge in [-0.05, 0) is 16.7 Å². The van der Waals surface area contributed by atoms with Crippen molar-refractivity contribution in [2.24, 2.45) is 0 Å². The second-order valence-corrected chi connectivity index (χ2v) is 5.39. The molecule has 120 valence electrons. The van der Waals surface area contributed by atoms with Crippen LogP contribution in [0.3, 0.4) is 0 Å². The molecular formula is C9H9O9S3-3. The molecule has 9 nitrogen and oxygen atoms in total. The lowest BCUT2D eigenvalue weighted by molar-refractivity contribution is 0.263. The van der Waals surface area contributed by atoms with Gasteiger partial charge in [-0.3, -0.25) is 12.5 Å². The molecule has 0 N–H and O–H groups in total. The van der Waals surface area contributed by atoms with E-state index in [0.717, 1.165) is 0 Å². The molecule has 21 heavy (non-hydrogen) atoms. The van der Waals surface area contributed by atoms with Crippen molar-refractivity contribution in [1.82, 2.24) is 0 Å². The SMILES string of the molecule is O=S([O-])OCc1cccc(COS(=O)[O-])c1COS(=O)[O-]. The summed E-state index contributed by atoms with van der Waals surface area (Å²) in [7, 11) is 0. The number of hydrogen-bond donors (Lipinski definition) is 0. The van der Waals surface area contributed by atoms with Crippen molar-refractivity contribution >= 4 is 34.1 Å². The van der Waals surface area contributed by atoms with Crippen molar-refractivity contribution < 1.29 is 38.8 Å².